The van der Waals surface area contributed by atoms with Gasteiger partial charge in [-0.25, -0.2) is 4.98 Å². The maximum atomic E-state index is 5.28. The van der Waals surface area contributed by atoms with E-state index < -0.39 is 0 Å². The van der Waals surface area contributed by atoms with Crippen LogP contribution in [0.2, 0.25) is 0 Å². The van der Waals surface area contributed by atoms with Crippen molar-refractivity contribution in [2.45, 2.75) is 0 Å². The molecule has 2 aromatic heterocycles. The molecule has 2 rings (SSSR count). The summed E-state index contributed by atoms with van der Waals surface area (Å²) in [5.41, 5.74) is 0. The quantitative estimate of drug-likeness (QED) is 0.877. The topological polar surface area (TPSA) is 41.8 Å². The molecule has 2 heterocycles. The number of aromatic nitrogens is 2. The largest absolute Gasteiger partial charge is 0.446 e. The first kappa shape index (κ1) is 8.07. The smallest absolute Gasteiger partial charge is 0.174 e. The van der Waals surface area contributed by atoms with Crippen molar-refractivity contribution in [1.29, 1.82) is 0 Å². The van der Waals surface area contributed by atoms with Crippen LogP contribution in [-0.2, 0) is 0 Å². The number of halogens is 2. The zero-order valence-electron chi connectivity index (χ0n) is 5.84. The molecule has 0 spiro atoms. The average molecular weight is 292 g/mol. The fraction of sp³-hybridized carbons (Fsp3) is 0. The van der Waals surface area contributed by atoms with Crippen LogP contribution in [0, 0.1) is 0 Å². The number of aromatic amines is 1. The molecule has 0 aliphatic carbocycles. The Kier molecular flexibility index (Phi) is 2.06. The third kappa shape index (κ3) is 1.47. The molecule has 1 N–H and O–H groups in total. The SMILES string of the molecule is Brc1cnc(-c2ccc(Br)o2)[nH]1. The summed E-state index contributed by atoms with van der Waals surface area (Å²) in [6.45, 7) is 0. The maximum absolute atomic E-state index is 5.28. The molecule has 0 saturated carbocycles. The van der Waals surface area contributed by atoms with Crippen LogP contribution in [0.25, 0.3) is 11.6 Å². The van der Waals surface area contributed by atoms with Gasteiger partial charge >= 0.3 is 0 Å². The minimum atomic E-state index is 0.699. The van der Waals surface area contributed by atoms with Crippen LogP contribution in [0.3, 0.4) is 0 Å². The maximum Gasteiger partial charge on any atom is 0.174 e. The van der Waals surface area contributed by atoms with E-state index in [2.05, 4.69) is 41.8 Å². The predicted molar refractivity (Wildman–Crippen MR) is 51.7 cm³/mol. The normalized spacial score (nSPS) is 10.5. The molecule has 5 heteroatoms. The van der Waals surface area contributed by atoms with Gasteiger partial charge in [0.2, 0.25) is 0 Å². The number of imidazole rings is 1. The zero-order chi connectivity index (χ0) is 8.55. The van der Waals surface area contributed by atoms with Gasteiger partial charge in [-0.15, -0.1) is 0 Å². The molecule has 0 bridgehead atoms. The highest BCUT2D eigenvalue weighted by Gasteiger charge is 2.05. The highest BCUT2D eigenvalue weighted by molar-refractivity contribution is 9.10. The van der Waals surface area contributed by atoms with E-state index in [1.54, 1.807) is 6.20 Å². The van der Waals surface area contributed by atoms with Crippen molar-refractivity contribution in [2.75, 3.05) is 0 Å². The molecule has 0 unspecified atom stereocenters. The van der Waals surface area contributed by atoms with E-state index in [-0.39, 0.29) is 0 Å². The second-order valence-electron chi connectivity index (χ2n) is 2.18. The van der Waals surface area contributed by atoms with Crippen LogP contribution in [0.15, 0.2) is 32.0 Å². The summed E-state index contributed by atoms with van der Waals surface area (Å²) in [6.07, 6.45) is 1.69. The van der Waals surface area contributed by atoms with Crippen molar-refractivity contribution >= 4 is 31.9 Å². The lowest BCUT2D eigenvalue weighted by atomic mass is 10.4. The van der Waals surface area contributed by atoms with Gasteiger partial charge in [0.1, 0.15) is 4.60 Å². The summed E-state index contributed by atoms with van der Waals surface area (Å²) in [7, 11) is 0. The molecule has 3 nitrogen and oxygen atoms in total. The van der Waals surface area contributed by atoms with E-state index in [0.29, 0.717) is 16.3 Å². The van der Waals surface area contributed by atoms with E-state index in [1.807, 2.05) is 12.1 Å². The van der Waals surface area contributed by atoms with Gasteiger partial charge in [-0.2, -0.15) is 0 Å². The fourth-order valence-corrected chi connectivity index (χ4v) is 1.46. The lowest BCUT2D eigenvalue weighted by molar-refractivity contribution is 0.552. The Morgan fingerprint density at radius 1 is 1.33 bits per heavy atom. The summed E-state index contributed by atoms with van der Waals surface area (Å²) in [6, 6.07) is 3.67. The Bertz CT molecular complexity index is 355. The standard InChI is InChI=1S/C7H4Br2N2O/c8-5-3-10-7(11-5)4-1-2-6(9)12-4/h1-3H,(H,10,11). The van der Waals surface area contributed by atoms with Crippen LogP contribution in [0.1, 0.15) is 0 Å². The molecular formula is C7H4Br2N2O. The minimum Gasteiger partial charge on any atom is -0.446 e. The Balaban J connectivity index is 2.43. The Morgan fingerprint density at radius 2 is 2.17 bits per heavy atom. The number of nitrogens with zero attached hydrogens (tertiary/aromatic N) is 1. The molecule has 0 aromatic carbocycles. The highest BCUT2D eigenvalue weighted by atomic mass is 79.9. The van der Waals surface area contributed by atoms with E-state index in [0.717, 1.165) is 4.60 Å². The number of rotatable bonds is 1. The second-order valence-corrected chi connectivity index (χ2v) is 3.82. The average Bonchev–Trinajstić information content (AvgIpc) is 2.58. The first-order valence-corrected chi connectivity index (χ1v) is 4.80. The van der Waals surface area contributed by atoms with Gasteiger partial charge in [-0.05, 0) is 44.0 Å². The summed E-state index contributed by atoms with van der Waals surface area (Å²) < 4.78 is 6.82. The van der Waals surface area contributed by atoms with Crippen molar-refractivity contribution in [3.05, 3.63) is 27.6 Å². The van der Waals surface area contributed by atoms with Crippen molar-refractivity contribution in [3.8, 4) is 11.6 Å². The number of hydrogen-bond donors (Lipinski definition) is 1. The third-order valence-electron chi connectivity index (χ3n) is 1.35. The lowest BCUT2D eigenvalue weighted by Gasteiger charge is -1.87. The van der Waals surface area contributed by atoms with Crippen molar-refractivity contribution < 1.29 is 4.42 Å². The minimum absolute atomic E-state index is 0.699. The number of H-pyrrole nitrogens is 1. The molecule has 0 aliphatic heterocycles. The number of nitrogens with one attached hydrogen (secondary N) is 1. The van der Waals surface area contributed by atoms with Gasteiger partial charge < -0.3 is 9.40 Å². The van der Waals surface area contributed by atoms with Gasteiger partial charge in [0.15, 0.2) is 16.3 Å². The summed E-state index contributed by atoms with van der Waals surface area (Å²) in [5.74, 6) is 1.43. The van der Waals surface area contributed by atoms with Gasteiger partial charge in [-0.3, -0.25) is 0 Å². The molecular weight excluding hydrogens is 288 g/mol. The zero-order valence-corrected chi connectivity index (χ0v) is 9.02. The van der Waals surface area contributed by atoms with E-state index in [1.165, 1.54) is 0 Å². The van der Waals surface area contributed by atoms with Crippen LogP contribution in [0.4, 0.5) is 0 Å². The van der Waals surface area contributed by atoms with E-state index in [9.17, 15) is 0 Å². The molecule has 0 saturated heterocycles. The first-order chi connectivity index (χ1) is 5.75. The van der Waals surface area contributed by atoms with Crippen LogP contribution >= 0.6 is 31.9 Å². The summed E-state index contributed by atoms with van der Waals surface area (Å²) >= 11 is 6.48. The van der Waals surface area contributed by atoms with Crippen molar-refractivity contribution in [2.24, 2.45) is 0 Å². The summed E-state index contributed by atoms with van der Waals surface area (Å²) in [4.78, 5) is 7.08. The Morgan fingerprint density at radius 3 is 2.67 bits per heavy atom. The fourth-order valence-electron chi connectivity index (χ4n) is 0.866. The molecule has 0 aliphatic rings. The van der Waals surface area contributed by atoms with Gasteiger partial charge in [0.05, 0.1) is 6.20 Å². The molecule has 0 fully saturated rings. The number of hydrogen-bond acceptors (Lipinski definition) is 2. The molecule has 62 valence electrons. The molecule has 0 atom stereocenters. The lowest BCUT2D eigenvalue weighted by Crippen LogP contribution is -1.74. The Hall–Kier alpha value is -0.550. The van der Waals surface area contributed by atoms with Crippen LogP contribution in [0.5, 0.6) is 0 Å². The van der Waals surface area contributed by atoms with Crippen LogP contribution in [-0.4, -0.2) is 9.97 Å². The van der Waals surface area contributed by atoms with E-state index in [4.69, 9.17) is 4.42 Å². The van der Waals surface area contributed by atoms with E-state index >= 15 is 0 Å². The Labute approximate surface area is 85.4 Å². The first-order valence-electron chi connectivity index (χ1n) is 3.22. The van der Waals surface area contributed by atoms with Crippen LogP contribution < -0.4 is 0 Å². The van der Waals surface area contributed by atoms with Gasteiger partial charge in [0.25, 0.3) is 0 Å². The predicted octanol–water partition coefficient (Wildman–Crippen LogP) is 3.19. The molecule has 12 heavy (non-hydrogen) atoms. The van der Waals surface area contributed by atoms with Crippen molar-refractivity contribution in [3.63, 3.8) is 0 Å². The molecule has 2 aromatic rings. The highest BCUT2D eigenvalue weighted by Crippen LogP contribution is 2.23. The molecule has 0 amide bonds. The second kappa shape index (κ2) is 3.06. The monoisotopic (exact) mass is 290 g/mol. The number of furan rings is 1. The third-order valence-corrected chi connectivity index (χ3v) is 2.18. The van der Waals surface area contributed by atoms with Gasteiger partial charge in [0, 0.05) is 0 Å². The van der Waals surface area contributed by atoms with Gasteiger partial charge in [-0.1, -0.05) is 0 Å². The summed E-state index contributed by atoms with van der Waals surface area (Å²) in [5, 5.41) is 0. The van der Waals surface area contributed by atoms with Crippen molar-refractivity contribution in [1.82, 2.24) is 9.97 Å². The molecule has 0 radical (unpaired) electrons.